The average Bonchev–Trinajstić information content (AvgIpc) is 3.39. The lowest BCUT2D eigenvalue weighted by molar-refractivity contribution is 0.0940. The molecule has 34 heavy (non-hydrogen) atoms. The molecule has 1 unspecified atom stereocenters. The van der Waals surface area contributed by atoms with E-state index in [2.05, 4.69) is 20.9 Å². The number of nitrogens with one attached hydrogen (secondary N) is 3. The van der Waals surface area contributed by atoms with Crippen LogP contribution < -0.4 is 25.6 Å². The van der Waals surface area contributed by atoms with Gasteiger partial charge in [-0.15, -0.1) is 0 Å². The minimum atomic E-state index is -0.414. The summed E-state index contributed by atoms with van der Waals surface area (Å²) in [5, 5.41) is 8.73. The molecule has 7 heteroatoms. The zero-order valence-electron chi connectivity index (χ0n) is 19.5. The average molecular weight is 459 g/mol. The van der Waals surface area contributed by atoms with E-state index < -0.39 is 6.03 Å². The van der Waals surface area contributed by atoms with Crippen LogP contribution in [0.25, 0.3) is 0 Å². The molecule has 3 aromatic rings. The lowest BCUT2D eigenvalue weighted by Gasteiger charge is -2.23. The molecule has 0 radical (unpaired) electrons. The van der Waals surface area contributed by atoms with Crippen LogP contribution in [0, 0.1) is 0 Å². The molecule has 0 saturated carbocycles. The van der Waals surface area contributed by atoms with Crippen molar-refractivity contribution in [3.05, 3.63) is 83.9 Å². The fourth-order valence-electron chi connectivity index (χ4n) is 4.16. The Morgan fingerprint density at radius 2 is 1.62 bits per heavy atom. The molecule has 3 amide bonds. The molecule has 0 bridgehead atoms. The first kappa shape index (κ1) is 23.2. The first-order valence-electron chi connectivity index (χ1n) is 11.5. The molecule has 4 rings (SSSR count). The van der Waals surface area contributed by atoms with E-state index in [0.717, 1.165) is 37.2 Å². The summed E-state index contributed by atoms with van der Waals surface area (Å²) < 4.78 is 5.29. The van der Waals surface area contributed by atoms with Crippen LogP contribution in [0.3, 0.4) is 0 Å². The summed E-state index contributed by atoms with van der Waals surface area (Å²) in [6, 6.07) is 22.0. The van der Waals surface area contributed by atoms with Crippen molar-refractivity contribution in [2.45, 2.75) is 25.8 Å². The summed E-state index contributed by atoms with van der Waals surface area (Å²) in [6.07, 6.45) is 2.20. The molecule has 7 nitrogen and oxygen atoms in total. The Balaban J connectivity index is 1.54. The number of hydrogen-bond acceptors (Lipinski definition) is 4. The molecular formula is C27H30N4O3. The van der Waals surface area contributed by atoms with E-state index in [1.165, 1.54) is 0 Å². The van der Waals surface area contributed by atoms with Crippen LogP contribution in [0.1, 0.15) is 41.7 Å². The number of para-hydroxylation sites is 2. The molecule has 1 aliphatic rings. The SMILES string of the molecule is COc1ccccc1NC(=O)Nc1ccc(N2CCCC2)c(C(=O)NC(C)c2ccccc2)c1. The summed E-state index contributed by atoms with van der Waals surface area (Å²) in [5.41, 5.74) is 3.55. The predicted molar refractivity (Wildman–Crippen MR) is 136 cm³/mol. The van der Waals surface area contributed by atoms with Gasteiger partial charge in [-0.25, -0.2) is 4.79 Å². The Kier molecular flexibility index (Phi) is 7.32. The van der Waals surface area contributed by atoms with Crippen LogP contribution >= 0.6 is 0 Å². The van der Waals surface area contributed by atoms with E-state index in [4.69, 9.17) is 4.74 Å². The Labute approximate surface area is 200 Å². The number of amides is 3. The van der Waals surface area contributed by atoms with Gasteiger partial charge in [0.25, 0.3) is 5.91 Å². The number of hydrogen-bond donors (Lipinski definition) is 3. The van der Waals surface area contributed by atoms with Gasteiger partial charge in [0.05, 0.1) is 24.4 Å². The second-order valence-electron chi connectivity index (χ2n) is 8.31. The van der Waals surface area contributed by atoms with Crippen molar-refractivity contribution in [3.63, 3.8) is 0 Å². The maximum atomic E-state index is 13.3. The Morgan fingerprint density at radius 1 is 0.912 bits per heavy atom. The maximum Gasteiger partial charge on any atom is 0.323 e. The van der Waals surface area contributed by atoms with Crippen LogP contribution in [0.2, 0.25) is 0 Å². The lowest BCUT2D eigenvalue weighted by atomic mass is 10.1. The van der Waals surface area contributed by atoms with E-state index in [9.17, 15) is 9.59 Å². The fraction of sp³-hybridized carbons (Fsp3) is 0.259. The molecule has 0 aliphatic carbocycles. The van der Waals surface area contributed by atoms with Gasteiger partial charge < -0.3 is 25.6 Å². The molecular weight excluding hydrogens is 428 g/mol. The van der Waals surface area contributed by atoms with Gasteiger partial charge in [-0.3, -0.25) is 4.79 Å². The zero-order valence-corrected chi connectivity index (χ0v) is 19.5. The van der Waals surface area contributed by atoms with E-state index in [1.807, 2.05) is 61.5 Å². The van der Waals surface area contributed by atoms with Crippen LogP contribution in [0.4, 0.5) is 21.9 Å². The summed E-state index contributed by atoms with van der Waals surface area (Å²) in [6.45, 7) is 3.79. The topological polar surface area (TPSA) is 82.7 Å². The monoisotopic (exact) mass is 458 g/mol. The zero-order chi connectivity index (χ0) is 23.9. The molecule has 0 spiro atoms. The smallest absolute Gasteiger partial charge is 0.323 e. The lowest BCUT2D eigenvalue weighted by Crippen LogP contribution is -2.30. The summed E-state index contributed by atoms with van der Waals surface area (Å²) in [7, 11) is 1.55. The standard InChI is InChI=1S/C27H30N4O3/c1-19(20-10-4-3-5-11-20)28-26(32)22-18-21(14-15-24(22)31-16-8-9-17-31)29-27(33)30-23-12-6-7-13-25(23)34-2/h3-7,10-15,18-19H,8-9,16-17H2,1-2H3,(H,28,32)(H2,29,30,33). The van der Waals surface area contributed by atoms with Crippen molar-refractivity contribution in [2.75, 3.05) is 35.7 Å². The van der Waals surface area contributed by atoms with Crippen molar-refractivity contribution in [2.24, 2.45) is 0 Å². The molecule has 176 valence electrons. The summed E-state index contributed by atoms with van der Waals surface area (Å²) in [5.74, 6) is 0.393. The maximum absolute atomic E-state index is 13.3. The third-order valence-electron chi connectivity index (χ3n) is 5.95. The van der Waals surface area contributed by atoms with Crippen LogP contribution in [-0.2, 0) is 0 Å². The minimum absolute atomic E-state index is 0.148. The number of ether oxygens (including phenoxy) is 1. The van der Waals surface area contributed by atoms with E-state index in [-0.39, 0.29) is 11.9 Å². The molecule has 0 aromatic heterocycles. The predicted octanol–water partition coefficient (Wildman–Crippen LogP) is 5.43. The molecule has 1 atom stereocenters. The van der Waals surface area contributed by atoms with Gasteiger partial charge >= 0.3 is 6.03 Å². The highest BCUT2D eigenvalue weighted by Crippen LogP contribution is 2.29. The number of carbonyl (C=O) groups excluding carboxylic acids is 2. The molecule has 3 N–H and O–H groups in total. The quantitative estimate of drug-likeness (QED) is 0.441. The van der Waals surface area contributed by atoms with Crippen molar-refractivity contribution in [1.29, 1.82) is 0 Å². The van der Waals surface area contributed by atoms with Crippen molar-refractivity contribution in [1.82, 2.24) is 5.32 Å². The summed E-state index contributed by atoms with van der Waals surface area (Å²) in [4.78, 5) is 28.2. The Morgan fingerprint density at radius 3 is 2.35 bits per heavy atom. The third kappa shape index (κ3) is 5.49. The molecule has 1 heterocycles. The second-order valence-corrected chi connectivity index (χ2v) is 8.31. The number of urea groups is 1. The number of rotatable bonds is 7. The minimum Gasteiger partial charge on any atom is -0.495 e. The second kappa shape index (κ2) is 10.7. The van der Waals surface area contributed by atoms with Gasteiger partial charge in [-0.1, -0.05) is 42.5 Å². The number of methoxy groups -OCH3 is 1. The van der Waals surface area contributed by atoms with Gasteiger partial charge in [0.15, 0.2) is 0 Å². The first-order chi connectivity index (χ1) is 16.5. The molecule has 1 aliphatic heterocycles. The highest BCUT2D eigenvalue weighted by atomic mass is 16.5. The number of nitrogens with zero attached hydrogens (tertiary/aromatic N) is 1. The molecule has 3 aromatic carbocycles. The van der Waals surface area contributed by atoms with Crippen LogP contribution in [-0.4, -0.2) is 32.1 Å². The van der Waals surface area contributed by atoms with Gasteiger partial charge in [0.1, 0.15) is 5.75 Å². The van der Waals surface area contributed by atoms with E-state index >= 15 is 0 Å². The first-order valence-corrected chi connectivity index (χ1v) is 11.5. The van der Waals surface area contributed by atoms with Gasteiger partial charge in [-0.05, 0) is 55.7 Å². The number of anilines is 3. The van der Waals surface area contributed by atoms with Gasteiger partial charge in [-0.2, -0.15) is 0 Å². The Bertz CT molecular complexity index is 1140. The van der Waals surface area contributed by atoms with Crippen molar-refractivity contribution >= 4 is 29.0 Å². The number of benzene rings is 3. The van der Waals surface area contributed by atoms with Gasteiger partial charge in [0.2, 0.25) is 0 Å². The van der Waals surface area contributed by atoms with Gasteiger partial charge in [0, 0.05) is 24.5 Å². The van der Waals surface area contributed by atoms with E-state index in [0.29, 0.717) is 22.7 Å². The van der Waals surface area contributed by atoms with E-state index in [1.54, 1.807) is 25.3 Å². The fourth-order valence-corrected chi connectivity index (χ4v) is 4.16. The highest BCUT2D eigenvalue weighted by molar-refractivity contribution is 6.04. The Hall–Kier alpha value is -4.00. The van der Waals surface area contributed by atoms with Crippen LogP contribution in [0.5, 0.6) is 5.75 Å². The molecule has 1 saturated heterocycles. The normalized spacial score (nSPS) is 13.8. The third-order valence-corrected chi connectivity index (χ3v) is 5.95. The summed E-state index contributed by atoms with van der Waals surface area (Å²) >= 11 is 0. The largest absolute Gasteiger partial charge is 0.495 e. The van der Waals surface area contributed by atoms with Crippen molar-refractivity contribution < 1.29 is 14.3 Å². The molecule has 1 fully saturated rings. The van der Waals surface area contributed by atoms with Crippen molar-refractivity contribution in [3.8, 4) is 5.75 Å². The number of carbonyl (C=O) groups is 2. The highest BCUT2D eigenvalue weighted by Gasteiger charge is 2.22. The van der Waals surface area contributed by atoms with Crippen LogP contribution in [0.15, 0.2) is 72.8 Å².